The van der Waals surface area contributed by atoms with Crippen molar-refractivity contribution in [2.45, 2.75) is 18.6 Å². The second-order valence-electron chi connectivity index (χ2n) is 6.11. The molecule has 7 heteroatoms. The molecule has 3 rings (SSSR count). The molecule has 1 aliphatic rings. The molecule has 2 heterocycles. The molecule has 1 aliphatic heterocycles. The summed E-state index contributed by atoms with van der Waals surface area (Å²) in [5.74, 6) is -0.144. The van der Waals surface area contributed by atoms with Crippen LogP contribution < -0.4 is 0 Å². The number of nitrogens with zero attached hydrogens (tertiary/aromatic N) is 4. The number of aliphatic hydroxyl groups is 1. The molecule has 0 radical (unpaired) electrons. The van der Waals surface area contributed by atoms with E-state index in [1.54, 1.807) is 11.9 Å². The van der Waals surface area contributed by atoms with E-state index in [-0.39, 0.29) is 5.91 Å². The van der Waals surface area contributed by atoms with Gasteiger partial charge in [0.25, 0.3) is 5.91 Å². The van der Waals surface area contributed by atoms with Crippen LogP contribution in [0.2, 0.25) is 0 Å². The van der Waals surface area contributed by atoms with Gasteiger partial charge in [-0.3, -0.25) is 9.69 Å². The summed E-state index contributed by atoms with van der Waals surface area (Å²) in [6.45, 7) is 2.53. The normalized spacial score (nSPS) is 21.5. The van der Waals surface area contributed by atoms with Crippen LogP contribution in [0.15, 0.2) is 36.5 Å². The fourth-order valence-electron chi connectivity index (χ4n) is 3.01. The highest BCUT2D eigenvalue weighted by Crippen LogP contribution is 2.24. The molecule has 2 aromatic rings. The number of rotatable bonds is 5. The Labute approximate surface area is 139 Å². The fraction of sp³-hybridized carbons (Fsp3) is 0.438. The van der Waals surface area contributed by atoms with Gasteiger partial charge < -0.3 is 10.0 Å². The van der Waals surface area contributed by atoms with E-state index in [1.807, 2.05) is 18.2 Å². The molecule has 0 unspecified atom stereocenters. The Morgan fingerprint density at radius 2 is 2.22 bits per heavy atom. The number of carbonyl (C=O) groups is 1. The van der Waals surface area contributed by atoms with Gasteiger partial charge >= 0.3 is 0 Å². The maximum atomic E-state index is 12.2. The van der Waals surface area contributed by atoms with Gasteiger partial charge in [0.15, 0.2) is 0 Å². The number of benzene rings is 1. The third-order valence-corrected chi connectivity index (χ3v) is 4.76. The van der Waals surface area contributed by atoms with Crippen molar-refractivity contribution in [2.75, 3.05) is 26.7 Å². The summed E-state index contributed by atoms with van der Waals surface area (Å²) in [5.41, 5.74) is 0.369. The zero-order chi connectivity index (χ0) is 16.3. The minimum Gasteiger partial charge on any atom is -0.387 e. The van der Waals surface area contributed by atoms with Crippen molar-refractivity contribution in [1.82, 2.24) is 19.4 Å². The quantitative estimate of drug-likeness (QED) is 0.892. The lowest BCUT2D eigenvalue weighted by Crippen LogP contribution is -2.45. The molecule has 0 aliphatic carbocycles. The fourth-order valence-corrected chi connectivity index (χ4v) is 3.52. The molecular weight excluding hydrogens is 312 g/mol. The number of amides is 1. The third kappa shape index (κ3) is 3.93. The molecule has 1 aromatic carbocycles. The smallest absolute Gasteiger partial charge is 0.267 e. The van der Waals surface area contributed by atoms with Crippen LogP contribution in [-0.4, -0.2) is 62.7 Å². The van der Waals surface area contributed by atoms with Crippen molar-refractivity contribution in [3.05, 3.63) is 47.0 Å². The highest BCUT2D eigenvalue weighted by molar-refractivity contribution is 7.07. The van der Waals surface area contributed by atoms with E-state index in [9.17, 15) is 9.90 Å². The number of carbonyl (C=O) groups excluding carboxylic acids is 1. The third-order valence-electron chi connectivity index (χ3n) is 4.11. The van der Waals surface area contributed by atoms with Gasteiger partial charge in [-0.25, -0.2) is 0 Å². The maximum absolute atomic E-state index is 12.2. The molecule has 1 atom stereocenters. The molecule has 0 spiro atoms. The van der Waals surface area contributed by atoms with Crippen LogP contribution in [0.1, 0.15) is 21.7 Å². The molecule has 1 aromatic heterocycles. The van der Waals surface area contributed by atoms with Gasteiger partial charge in [-0.2, -0.15) is 0 Å². The van der Waals surface area contributed by atoms with Gasteiger partial charge in [0.1, 0.15) is 4.88 Å². The molecule has 1 N–H and O–H groups in total. The van der Waals surface area contributed by atoms with E-state index in [2.05, 4.69) is 26.6 Å². The predicted molar refractivity (Wildman–Crippen MR) is 88.2 cm³/mol. The van der Waals surface area contributed by atoms with Crippen LogP contribution >= 0.6 is 11.5 Å². The van der Waals surface area contributed by atoms with Crippen LogP contribution in [0, 0.1) is 0 Å². The summed E-state index contributed by atoms with van der Waals surface area (Å²) in [4.78, 5) is 16.5. The number of likely N-dealkylation sites (N-methyl/N-ethyl adjacent to an activating group) is 1. The average molecular weight is 332 g/mol. The van der Waals surface area contributed by atoms with E-state index < -0.39 is 5.60 Å². The van der Waals surface area contributed by atoms with Crippen LogP contribution in [0.25, 0.3) is 0 Å². The Morgan fingerprint density at radius 3 is 2.91 bits per heavy atom. The van der Waals surface area contributed by atoms with Gasteiger partial charge in [-0.1, -0.05) is 34.8 Å². The lowest BCUT2D eigenvalue weighted by Gasteiger charge is -2.28. The van der Waals surface area contributed by atoms with Crippen LogP contribution in [0.5, 0.6) is 0 Å². The number of β-amino-alcohol motifs (C(OH)–C–C–N with tert-alkyl or cyclic N) is 1. The zero-order valence-corrected chi connectivity index (χ0v) is 13.9. The van der Waals surface area contributed by atoms with Gasteiger partial charge in [0.2, 0.25) is 0 Å². The maximum Gasteiger partial charge on any atom is 0.267 e. The number of likely N-dealkylation sites (tertiary alicyclic amines) is 1. The first-order valence-electron chi connectivity index (χ1n) is 7.57. The van der Waals surface area contributed by atoms with Crippen molar-refractivity contribution in [2.24, 2.45) is 0 Å². The molecule has 23 heavy (non-hydrogen) atoms. The molecule has 6 nitrogen and oxygen atoms in total. The minimum absolute atomic E-state index is 0.144. The Balaban J connectivity index is 1.57. The van der Waals surface area contributed by atoms with E-state index >= 15 is 0 Å². The first-order valence-corrected chi connectivity index (χ1v) is 8.35. The monoisotopic (exact) mass is 332 g/mol. The standard InChI is InChI=1S/C16H20N4O2S/c1-19(15(21)14-9-17-18-23-14)11-16(22)7-8-20(12-16)10-13-5-3-2-4-6-13/h2-6,9,22H,7-8,10-12H2,1H3/t16-/m1/s1. The molecule has 1 amide bonds. The van der Waals surface area contributed by atoms with Gasteiger partial charge in [-0.15, -0.1) is 5.10 Å². The van der Waals surface area contributed by atoms with Crippen LogP contribution in [0.4, 0.5) is 0 Å². The summed E-state index contributed by atoms with van der Waals surface area (Å²) in [6.07, 6.45) is 2.13. The molecule has 122 valence electrons. The number of aromatic nitrogens is 2. The van der Waals surface area contributed by atoms with Crippen molar-refractivity contribution in [3.8, 4) is 0 Å². The SMILES string of the molecule is CN(C[C@]1(O)CCN(Cc2ccccc2)C1)C(=O)c1cnns1. The Hall–Kier alpha value is -1.83. The van der Waals surface area contributed by atoms with Crippen molar-refractivity contribution in [1.29, 1.82) is 0 Å². The van der Waals surface area contributed by atoms with Crippen LogP contribution in [0.3, 0.4) is 0 Å². The Morgan fingerprint density at radius 1 is 1.43 bits per heavy atom. The lowest BCUT2D eigenvalue weighted by molar-refractivity contribution is 0.0172. The summed E-state index contributed by atoms with van der Waals surface area (Å²) < 4.78 is 3.71. The summed E-state index contributed by atoms with van der Waals surface area (Å²) >= 11 is 1.07. The number of hydrogen-bond donors (Lipinski definition) is 1. The summed E-state index contributed by atoms with van der Waals surface area (Å²) in [5, 5.41) is 14.5. The van der Waals surface area contributed by atoms with Crippen molar-refractivity contribution in [3.63, 3.8) is 0 Å². The van der Waals surface area contributed by atoms with Crippen molar-refractivity contribution >= 4 is 17.4 Å². The van der Waals surface area contributed by atoms with E-state index in [1.165, 1.54) is 11.8 Å². The highest BCUT2D eigenvalue weighted by Gasteiger charge is 2.38. The molecule has 0 saturated carbocycles. The zero-order valence-electron chi connectivity index (χ0n) is 13.1. The highest BCUT2D eigenvalue weighted by atomic mass is 32.1. The topological polar surface area (TPSA) is 69.6 Å². The van der Waals surface area contributed by atoms with Gasteiger partial charge in [0, 0.05) is 26.7 Å². The van der Waals surface area contributed by atoms with E-state index in [4.69, 9.17) is 0 Å². The first kappa shape index (κ1) is 16.0. The Kier molecular flexibility index (Phi) is 4.70. The molecule has 0 bridgehead atoms. The van der Waals surface area contributed by atoms with Gasteiger partial charge in [-0.05, 0) is 23.5 Å². The average Bonchev–Trinajstić information content (AvgIpc) is 3.18. The molecule has 1 saturated heterocycles. The molecule has 1 fully saturated rings. The number of hydrogen-bond acceptors (Lipinski definition) is 6. The Bertz CT molecular complexity index is 649. The van der Waals surface area contributed by atoms with E-state index in [0.29, 0.717) is 24.4 Å². The van der Waals surface area contributed by atoms with Gasteiger partial charge in [0.05, 0.1) is 18.3 Å². The van der Waals surface area contributed by atoms with Crippen LogP contribution in [-0.2, 0) is 6.54 Å². The minimum atomic E-state index is -0.864. The summed E-state index contributed by atoms with van der Waals surface area (Å²) in [6, 6.07) is 10.2. The van der Waals surface area contributed by atoms with Crippen molar-refractivity contribution < 1.29 is 9.90 Å². The van der Waals surface area contributed by atoms with E-state index in [0.717, 1.165) is 24.6 Å². The largest absolute Gasteiger partial charge is 0.387 e. The predicted octanol–water partition coefficient (Wildman–Crippen LogP) is 1.25. The second kappa shape index (κ2) is 6.74. The lowest BCUT2D eigenvalue weighted by atomic mass is 10.0. The molecular formula is C16H20N4O2S. The first-order chi connectivity index (χ1) is 11.1. The second-order valence-corrected chi connectivity index (χ2v) is 6.90. The summed E-state index contributed by atoms with van der Waals surface area (Å²) in [7, 11) is 1.71.